The minimum Gasteiger partial charge on any atom is -0.270 e. The van der Waals surface area contributed by atoms with E-state index in [9.17, 15) is 20.2 Å². The first kappa shape index (κ1) is 16.9. The van der Waals surface area contributed by atoms with Crippen molar-refractivity contribution in [2.75, 3.05) is 26.2 Å². The van der Waals surface area contributed by atoms with Gasteiger partial charge in [0, 0.05) is 14.3 Å². The Morgan fingerprint density at radius 3 is 1.72 bits per heavy atom. The lowest BCUT2D eigenvalue weighted by Crippen LogP contribution is -3.43. The van der Waals surface area contributed by atoms with Gasteiger partial charge in [-0.2, -0.15) is 0 Å². The zero-order valence-electron chi connectivity index (χ0n) is 14.1. The average molecular weight is 413 g/mol. The molecule has 0 radical (unpaired) electrons. The van der Waals surface area contributed by atoms with Crippen molar-refractivity contribution >= 4 is 15.9 Å². The maximum absolute atomic E-state index is 12.1. The molecule has 1 aromatic rings. The summed E-state index contributed by atoms with van der Waals surface area (Å²) in [4.78, 5) is 25.6. The van der Waals surface area contributed by atoms with Gasteiger partial charge in [0.15, 0.2) is 26.2 Å². The summed E-state index contributed by atoms with van der Waals surface area (Å²) in [5, 5.41) is 24.1. The molecule has 0 unspecified atom stereocenters. The summed E-state index contributed by atoms with van der Waals surface area (Å²) in [6.45, 7) is 4.82. The summed E-state index contributed by atoms with van der Waals surface area (Å²) in [7, 11) is 0. The van der Waals surface area contributed by atoms with Gasteiger partial charge < -0.3 is 0 Å². The normalized spacial score (nSPS) is 40.8. The molecule has 0 atom stereocenters. The van der Waals surface area contributed by atoms with Crippen LogP contribution >= 0.6 is 15.9 Å². The van der Waals surface area contributed by atoms with E-state index >= 15 is 0 Å². The number of quaternary nitrogens is 2. The smallest absolute Gasteiger partial charge is 0.270 e. The molecule has 2 N–H and O–H groups in total. The molecular formula is C16H21BrN4O4+2. The van der Waals surface area contributed by atoms with Crippen LogP contribution in [0.2, 0.25) is 0 Å². The lowest BCUT2D eigenvalue weighted by atomic mass is 9.53. The van der Waals surface area contributed by atoms with Crippen molar-refractivity contribution in [1.82, 2.24) is 0 Å². The second-order valence-electron chi connectivity index (χ2n) is 8.21. The van der Waals surface area contributed by atoms with Gasteiger partial charge in [0.05, 0.1) is 5.56 Å². The SMILES string of the molecule is CC1(C)C2([N+](=O)[O-])C[NH+]3CC1([N+](=O)[O-])C[NH+](C2)C3c1ccc(Br)cc1. The molecule has 0 aliphatic carbocycles. The zero-order valence-corrected chi connectivity index (χ0v) is 15.7. The third-order valence-electron chi connectivity index (χ3n) is 7.12. The Morgan fingerprint density at radius 1 is 0.960 bits per heavy atom. The topological polar surface area (TPSA) is 95.2 Å². The Balaban J connectivity index is 1.83. The van der Waals surface area contributed by atoms with Crippen molar-refractivity contribution in [3.63, 3.8) is 0 Å². The molecule has 4 saturated heterocycles. The van der Waals surface area contributed by atoms with Gasteiger partial charge in [-0.15, -0.1) is 0 Å². The molecule has 0 spiro atoms. The minimum absolute atomic E-state index is 0.0188. The van der Waals surface area contributed by atoms with E-state index < -0.39 is 16.5 Å². The molecule has 25 heavy (non-hydrogen) atoms. The van der Waals surface area contributed by atoms with Crippen molar-refractivity contribution in [1.29, 1.82) is 0 Å². The maximum Gasteiger partial charge on any atom is 0.329 e. The van der Waals surface area contributed by atoms with Crippen LogP contribution in [0.25, 0.3) is 0 Å². The summed E-state index contributed by atoms with van der Waals surface area (Å²) in [6, 6.07) is 7.94. The summed E-state index contributed by atoms with van der Waals surface area (Å²) < 4.78 is 0.972. The van der Waals surface area contributed by atoms with Gasteiger partial charge in [0.1, 0.15) is 5.41 Å². The number of nitrogens with one attached hydrogen (secondary N) is 2. The number of halogens is 1. The van der Waals surface area contributed by atoms with Crippen LogP contribution < -0.4 is 9.80 Å². The number of hydrogen-bond acceptors (Lipinski definition) is 4. The molecule has 4 fully saturated rings. The average Bonchev–Trinajstić information content (AvgIpc) is 2.52. The molecule has 1 aromatic carbocycles. The first-order chi connectivity index (χ1) is 11.6. The molecule has 0 amide bonds. The van der Waals surface area contributed by atoms with Crippen LogP contribution in [0, 0.1) is 25.6 Å². The molecule has 8 nitrogen and oxygen atoms in total. The quantitative estimate of drug-likeness (QED) is 0.507. The molecule has 0 saturated carbocycles. The molecule has 0 aromatic heterocycles. The predicted octanol–water partition coefficient (Wildman–Crippen LogP) is -0.684. The van der Waals surface area contributed by atoms with Gasteiger partial charge in [0.2, 0.25) is 6.17 Å². The van der Waals surface area contributed by atoms with Crippen molar-refractivity contribution < 1.29 is 19.6 Å². The molecule has 4 heterocycles. The second kappa shape index (κ2) is 4.99. The molecular weight excluding hydrogens is 392 g/mol. The van der Waals surface area contributed by atoms with E-state index in [1.807, 2.05) is 24.3 Å². The van der Waals surface area contributed by atoms with Crippen LogP contribution in [0.4, 0.5) is 0 Å². The first-order valence-electron chi connectivity index (χ1n) is 8.38. The summed E-state index contributed by atoms with van der Waals surface area (Å²) in [5.41, 5.74) is -2.41. The van der Waals surface area contributed by atoms with Crippen molar-refractivity contribution in [3.8, 4) is 0 Å². The lowest BCUT2D eigenvalue weighted by molar-refractivity contribution is -1.20. The van der Waals surface area contributed by atoms with E-state index in [4.69, 9.17) is 0 Å². The van der Waals surface area contributed by atoms with Gasteiger partial charge in [-0.1, -0.05) is 15.9 Å². The van der Waals surface area contributed by atoms with E-state index in [1.54, 1.807) is 13.8 Å². The second-order valence-corrected chi connectivity index (χ2v) is 9.13. The standard InChI is InChI=1S/C16H19BrN4O4/c1-14(2)15(20(22)23)7-18-9-16(14,21(24)25)10-19(8-15)13(18)11-3-5-12(17)6-4-11/h3-6,13H,7-10H2,1-2H3/p+2. The Kier molecular flexibility index (Phi) is 3.36. The molecule has 4 bridgehead atoms. The van der Waals surface area contributed by atoms with Crippen LogP contribution in [0.1, 0.15) is 25.6 Å². The molecule has 4 aliphatic rings. The number of piperidine rings is 2. The van der Waals surface area contributed by atoms with Crippen LogP contribution in [-0.4, -0.2) is 47.1 Å². The van der Waals surface area contributed by atoms with Crippen LogP contribution in [0.3, 0.4) is 0 Å². The van der Waals surface area contributed by atoms with Gasteiger partial charge in [0.25, 0.3) is 0 Å². The molecule has 4 aliphatic heterocycles. The number of rotatable bonds is 3. The highest BCUT2D eigenvalue weighted by Gasteiger charge is 2.87. The zero-order chi connectivity index (χ0) is 18.2. The van der Waals surface area contributed by atoms with Crippen molar-refractivity contribution in [2.45, 2.75) is 31.1 Å². The van der Waals surface area contributed by atoms with Crippen LogP contribution in [0.15, 0.2) is 28.7 Å². The number of nitro groups is 2. The number of hydrogen-bond donors (Lipinski definition) is 2. The monoisotopic (exact) mass is 412 g/mol. The van der Waals surface area contributed by atoms with Gasteiger partial charge >= 0.3 is 11.1 Å². The summed E-state index contributed by atoms with van der Waals surface area (Å²) in [6.07, 6.45) is 0.0188. The highest BCUT2D eigenvalue weighted by atomic mass is 79.9. The first-order valence-corrected chi connectivity index (χ1v) is 9.18. The fourth-order valence-corrected chi connectivity index (χ4v) is 5.87. The molecule has 9 heteroatoms. The fourth-order valence-electron chi connectivity index (χ4n) is 5.61. The van der Waals surface area contributed by atoms with E-state index in [1.165, 1.54) is 0 Å². The van der Waals surface area contributed by atoms with E-state index in [-0.39, 0.29) is 16.0 Å². The van der Waals surface area contributed by atoms with E-state index in [0.29, 0.717) is 26.2 Å². The predicted molar refractivity (Wildman–Crippen MR) is 91.5 cm³/mol. The minimum atomic E-state index is -1.26. The Bertz CT molecular complexity index is 714. The Morgan fingerprint density at radius 2 is 1.36 bits per heavy atom. The molecule has 5 rings (SSSR count). The summed E-state index contributed by atoms with van der Waals surface area (Å²) >= 11 is 3.43. The Hall–Kier alpha value is -1.58. The number of benzene rings is 1. The lowest BCUT2D eigenvalue weighted by Gasteiger charge is -2.60. The third-order valence-corrected chi connectivity index (χ3v) is 7.65. The highest BCUT2D eigenvalue weighted by molar-refractivity contribution is 9.10. The van der Waals surface area contributed by atoms with Crippen LogP contribution in [0.5, 0.6) is 0 Å². The van der Waals surface area contributed by atoms with Gasteiger partial charge in [-0.05, 0) is 38.1 Å². The summed E-state index contributed by atoms with van der Waals surface area (Å²) in [5.74, 6) is 0. The number of nitrogens with zero attached hydrogens (tertiary/aromatic N) is 2. The fraction of sp³-hybridized carbons (Fsp3) is 0.625. The molecule has 134 valence electrons. The van der Waals surface area contributed by atoms with Gasteiger partial charge in [-0.3, -0.25) is 30.0 Å². The van der Waals surface area contributed by atoms with E-state index in [2.05, 4.69) is 15.9 Å². The van der Waals surface area contributed by atoms with Crippen molar-refractivity contribution in [3.05, 3.63) is 54.5 Å². The van der Waals surface area contributed by atoms with Gasteiger partial charge in [-0.25, -0.2) is 0 Å². The highest BCUT2D eigenvalue weighted by Crippen LogP contribution is 2.48. The Labute approximate surface area is 153 Å². The maximum atomic E-state index is 12.1. The largest absolute Gasteiger partial charge is 0.329 e. The van der Waals surface area contributed by atoms with Crippen LogP contribution in [-0.2, 0) is 0 Å². The van der Waals surface area contributed by atoms with Crippen molar-refractivity contribution in [2.24, 2.45) is 5.41 Å². The van der Waals surface area contributed by atoms with E-state index in [0.717, 1.165) is 19.8 Å². The third kappa shape index (κ3) is 1.89.